The van der Waals surface area contributed by atoms with Crippen molar-refractivity contribution in [2.24, 2.45) is 5.92 Å². The Kier molecular flexibility index (Phi) is 11.1. The van der Waals surface area contributed by atoms with Crippen LogP contribution >= 0.6 is 12.4 Å². The van der Waals surface area contributed by atoms with Crippen LogP contribution in [0.3, 0.4) is 0 Å². The Morgan fingerprint density at radius 1 is 1.24 bits per heavy atom. The number of amides is 1. The van der Waals surface area contributed by atoms with E-state index in [2.05, 4.69) is 24.5 Å². The molecule has 0 radical (unpaired) electrons. The molecule has 0 bridgehead atoms. The van der Waals surface area contributed by atoms with Gasteiger partial charge in [-0.25, -0.2) is 0 Å². The number of methoxy groups -OCH3 is 1. The molecule has 21 heavy (non-hydrogen) atoms. The smallest absolute Gasteiger partial charge is 0.252 e. The second kappa shape index (κ2) is 11.3. The summed E-state index contributed by atoms with van der Waals surface area (Å²) in [6.45, 7) is 6.94. The molecule has 1 saturated heterocycles. The Morgan fingerprint density at radius 2 is 1.90 bits per heavy atom. The van der Waals surface area contributed by atoms with Gasteiger partial charge in [0.05, 0.1) is 0 Å². The number of carbonyl (C=O) groups excluding carboxylic acids is 1. The molecule has 0 aromatic carbocycles. The summed E-state index contributed by atoms with van der Waals surface area (Å²) in [7, 11) is 1.66. The minimum absolute atomic E-state index is 0. The molecule has 1 atom stereocenters. The number of ether oxygens (including phenoxy) is 1. The van der Waals surface area contributed by atoms with Gasteiger partial charge in [0.1, 0.15) is 5.60 Å². The summed E-state index contributed by atoms with van der Waals surface area (Å²) in [5.41, 5.74) is -0.604. The maximum Gasteiger partial charge on any atom is 0.252 e. The predicted octanol–water partition coefficient (Wildman–Crippen LogP) is 2.90. The fourth-order valence-corrected chi connectivity index (χ4v) is 3.00. The van der Waals surface area contributed by atoms with Gasteiger partial charge in [0, 0.05) is 13.7 Å². The van der Waals surface area contributed by atoms with Crippen LogP contribution in [0.4, 0.5) is 0 Å². The Balaban J connectivity index is 0.00000400. The molecule has 0 aliphatic carbocycles. The van der Waals surface area contributed by atoms with Crippen LogP contribution < -0.4 is 10.6 Å². The molecule has 0 aromatic rings. The first-order valence-electron chi connectivity index (χ1n) is 8.22. The lowest BCUT2D eigenvalue weighted by molar-refractivity contribution is -0.146. The lowest BCUT2D eigenvalue weighted by Crippen LogP contribution is -2.54. The van der Waals surface area contributed by atoms with Gasteiger partial charge in [0.2, 0.25) is 0 Å². The molecule has 4 nitrogen and oxygen atoms in total. The molecule has 1 amide bonds. The van der Waals surface area contributed by atoms with Crippen molar-refractivity contribution in [3.63, 3.8) is 0 Å². The number of unbranched alkanes of at least 4 members (excludes halogenated alkanes) is 1. The van der Waals surface area contributed by atoms with Crippen molar-refractivity contribution in [1.29, 1.82) is 0 Å². The van der Waals surface area contributed by atoms with Gasteiger partial charge < -0.3 is 15.4 Å². The highest BCUT2D eigenvalue weighted by molar-refractivity contribution is 5.85. The molecular formula is C16H33ClN2O2. The Morgan fingerprint density at radius 3 is 2.43 bits per heavy atom. The predicted molar refractivity (Wildman–Crippen MR) is 90.0 cm³/mol. The van der Waals surface area contributed by atoms with Crippen LogP contribution in [0.15, 0.2) is 0 Å². The summed E-state index contributed by atoms with van der Waals surface area (Å²) in [5, 5.41) is 6.43. The minimum atomic E-state index is -0.604. The zero-order valence-electron chi connectivity index (χ0n) is 13.9. The molecule has 0 saturated carbocycles. The van der Waals surface area contributed by atoms with Crippen molar-refractivity contribution in [2.75, 3.05) is 26.7 Å². The van der Waals surface area contributed by atoms with E-state index in [4.69, 9.17) is 4.74 Å². The van der Waals surface area contributed by atoms with E-state index in [1.54, 1.807) is 7.11 Å². The van der Waals surface area contributed by atoms with Crippen molar-refractivity contribution in [1.82, 2.24) is 10.6 Å². The normalized spacial score (nSPS) is 18.6. The summed E-state index contributed by atoms with van der Waals surface area (Å²) in [6, 6.07) is 0. The van der Waals surface area contributed by atoms with Crippen molar-refractivity contribution in [2.45, 2.75) is 64.4 Å². The highest BCUT2D eigenvalue weighted by Gasteiger charge is 2.39. The quantitative estimate of drug-likeness (QED) is 0.687. The number of halogens is 1. The Labute approximate surface area is 136 Å². The SMILES string of the molecule is CCCCC(CCC)CNC(=O)C1(OC)CCNCC1.Cl. The monoisotopic (exact) mass is 320 g/mol. The molecule has 1 fully saturated rings. The third kappa shape index (κ3) is 6.54. The lowest BCUT2D eigenvalue weighted by Gasteiger charge is -2.35. The zero-order chi connectivity index (χ0) is 14.8. The van der Waals surface area contributed by atoms with E-state index in [-0.39, 0.29) is 18.3 Å². The van der Waals surface area contributed by atoms with E-state index in [9.17, 15) is 4.79 Å². The van der Waals surface area contributed by atoms with Crippen LogP contribution in [-0.4, -0.2) is 38.3 Å². The van der Waals surface area contributed by atoms with E-state index >= 15 is 0 Å². The molecule has 5 heteroatoms. The summed E-state index contributed by atoms with van der Waals surface area (Å²) < 4.78 is 5.56. The van der Waals surface area contributed by atoms with Crippen LogP contribution in [0.25, 0.3) is 0 Å². The van der Waals surface area contributed by atoms with E-state index in [1.807, 2.05) is 0 Å². The Hall–Kier alpha value is -0.320. The van der Waals surface area contributed by atoms with E-state index in [1.165, 1.54) is 32.1 Å². The van der Waals surface area contributed by atoms with Gasteiger partial charge in [-0.2, -0.15) is 0 Å². The first-order chi connectivity index (χ1) is 9.68. The van der Waals surface area contributed by atoms with Crippen LogP contribution in [-0.2, 0) is 9.53 Å². The molecule has 1 heterocycles. The summed E-state index contributed by atoms with van der Waals surface area (Å²) in [4.78, 5) is 12.5. The average molecular weight is 321 g/mol. The second-order valence-corrected chi connectivity index (χ2v) is 5.96. The fourth-order valence-electron chi connectivity index (χ4n) is 3.00. The molecule has 0 spiro atoms. The number of carbonyl (C=O) groups is 1. The number of hydrogen-bond donors (Lipinski definition) is 2. The van der Waals surface area contributed by atoms with Crippen molar-refractivity contribution in [3.8, 4) is 0 Å². The standard InChI is InChI=1S/C16H32N2O2.ClH/c1-4-6-8-14(7-5-2)13-18-15(19)16(20-3)9-11-17-12-10-16;/h14,17H,4-13H2,1-3H3,(H,18,19);1H. The van der Waals surface area contributed by atoms with Crippen molar-refractivity contribution in [3.05, 3.63) is 0 Å². The summed E-state index contributed by atoms with van der Waals surface area (Å²) in [5.74, 6) is 0.693. The molecule has 1 rings (SSSR count). The van der Waals surface area contributed by atoms with Crippen LogP contribution in [0, 0.1) is 5.92 Å². The average Bonchev–Trinajstić information content (AvgIpc) is 2.50. The fraction of sp³-hybridized carbons (Fsp3) is 0.938. The van der Waals surface area contributed by atoms with Gasteiger partial charge in [0.15, 0.2) is 0 Å². The largest absolute Gasteiger partial charge is 0.368 e. The number of nitrogens with one attached hydrogen (secondary N) is 2. The van der Waals surface area contributed by atoms with Gasteiger partial charge in [0.25, 0.3) is 5.91 Å². The summed E-state index contributed by atoms with van der Waals surface area (Å²) in [6.07, 6.45) is 7.60. The van der Waals surface area contributed by atoms with Crippen LogP contribution in [0.5, 0.6) is 0 Å². The van der Waals surface area contributed by atoms with Gasteiger partial charge in [-0.3, -0.25) is 4.79 Å². The molecule has 126 valence electrons. The van der Waals surface area contributed by atoms with Crippen LogP contribution in [0.1, 0.15) is 58.8 Å². The topological polar surface area (TPSA) is 50.4 Å². The van der Waals surface area contributed by atoms with E-state index < -0.39 is 5.60 Å². The molecular weight excluding hydrogens is 288 g/mol. The minimum Gasteiger partial charge on any atom is -0.368 e. The van der Waals surface area contributed by atoms with Crippen molar-refractivity contribution < 1.29 is 9.53 Å². The molecule has 1 aliphatic heterocycles. The van der Waals surface area contributed by atoms with Gasteiger partial charge in [-0.05, 0) is 44.7 Å². The summed E-state index contributed by atoms with van der Waals surface area (Å²) >= 11 is 0. The number of rotatable bonds is 9. The third-order valence-corrected chi connectivity index (χ3v) is 4.43. The second-order valence-electron chi connectivity index (χ2n) is 5.96. The molecule has 0 aromatic heterocycles. The van der Waals surface area contributed by atoms with Crippen LogP contribution in [0.2, 0.25) is 0 Å². The number of piperidine rings is 1. The zero-order valence-corrected chi connectivity index (χ0v) is 14.7. The maximum absolute atomic E-state index is 12.5. The molecule has 1 unspecified atom stereocenters. The third-order valence-electron chi connectivity index (χ3n) is 4.43. The Bertz CT molecular complexity index is 281. The molecule has 1 aliphatic rings. The number of hydrogen-bond acceptors (Lipinski definition) is 3. The van der Waals surface area contributed by atoms with Gasteiger partial charge in [-0.15, -0.1) is 12.4 Å². The highest BCUT2D eigenvalue weighted by Crippen LogP contribution is 2.23. The van der Waals surface area contributed by atoms with Crippen molar-refractivity contribution >= 4 is 18.3 Å². The first kappa shape index (κ1) is 20.7. The van der Waals surface area contributed by atoms with Gasteiger partial charge >= 0.3 is 0 Å². The van der Waals surface area contributed by atoms with Gasteiger partial charge in [-0.1, -0.05) is 33.1 Å². The first-order valence-corrected chi connectivity index (χ1v) is 8.22. The maximum atomic E-state index is 12.5. The highest BCUT2D eigenvalue weighted by atomic mass is 35.5. The molecule has 2 N–H and O–H groups in total. The van der Waals surface area contributed by atoms with E-state index in [0.29, 0.717) is 5.92 Å². The van der Waals surface area contributed by atoms with E-state index in [0.717, 1.165) is 32.5 Å². The lowest BCUT2D eigenvalue weighted by atomic mass is 9.90.